The zero-order valence-electron chi connectivity index (χ0n) is 17.9. The van der Waals surface area contributed by atoms with Crippen LogP contribution < -0.4 is 10.2 Å². The quantitative estimate of drug-likeness (QED) is 0.535. The largest absolute Gasteiger partial charge is 0.465 e. The van der Waals surface area contributed by atoms with E-state index >= 15 is 0 Å². The maximum absolute atomic E-state index is 13.0. The van der Waals surface area contributed by atoms with Crippen molar-refractivity contribution in [3.63, 3.8) is 0 Å². The van der Waals surface area contributed by atoms with Gasteiger partial charge in [0.1, 0.15) is 9.88 Å². The molecule has 1 saturated heterocycles. The average molecular weight is 470 g/mol. The van der Waals surface area contributed by atoms with Crippen LogP contribution >= 0.6 is 22.9 Å². The number of benzene rings is 2. The molecule has 0 radical (unpaired) electrons. The van der Waals surface area contributed by atoms with Gasteiger partial charge in [0.05, 0.1) is 18.4 Å². The molecule has 1 aliphatic rings. The number of carbonyl (C=O) groups excluding carboxylic acids is 2. The Morgan fingerprint density at radius 1 is 1.22 bits per heavy atom. The minimum atomic E-state index is -0.356. The van der Waals surface area contributed by atoms with Crippen LogP contribution in [0.1, 0.15) is 38.6 Å². The molecule has 1 fully saturated rings. The van der Waals surface area contributed by atoms with E-state index in [1.54, 1.807) is 6.07 Å². The summed E-state index contributed by atoms with van der Waals surface area (Å²) < 4.78 is 4.83. The lowest BCUT2D eigenvalue weighted by atomic mass is 10.0. The van der Waals surface area contributed by atoms with Gasteiger partial charge in [0.2, 0.25) is 0 Å². The lowest BCUT2D eigenvalue weighted by Gasteiger charge is -2.34. The number of esters is 1. The number of amides is 1. The van der Waals surface area contributed by atoms with E-state index in [-0.39, 0.29) is 17.9 Å². The third-order valence-corrected chi connectivity index (χ3v) is 6.94. The van der Waals surface area contributed by atoms with Crippen molar-refractivity contribution in [1.29, 1.82) is 0 Å². The Kier molecular flexibility index (Phi) is 6.77. The first-order valence-electron chi connectivity index (χ1n) is 10.4. The van der Waals surface area contributed by atoms with Crippen LogP contribution in [0, 0.1) is 6.92 Å². The van der Waals surface area contributed by atoms with Crippen LogP contribution in [0.25, 0.3) is 10.6 Å². The van der Waals surface area contributed by atoms with E-state index in [1.165, 1.54) is 18.4 Å². The van der Waals surface area contributed by atoms with Crippen molar-refractivity contribution in [2.45, 2.75) is 25.8 Å². The number of anilines is 1. The SMILES string of the molecule is COC(=O)c1cccc(N2CCC[C@@H](NC(=O)c3sc(-c4ccc(Cl)cc4)nc3C)C2)c1. The zero-order chi connectivity index (χ0) is 22.7. The predicted octanol–water partition coefficient (Wildman–Crippen LogP) is 4.96. The van der Waals surface area contributed by atoms with Gasteiger partial charge in [0, 0.05) is 35.4 Å². The third-order valence-electron chi connectivity index (χ3n) is 5.48. The fraction of sp³-hybridized carbons (Fsp3) is 0.292. The van der Waals surface area contributed by atoms with Gasteiger partial charge in [-0.25, -0.2) is 9.78 Å². The number of rotatable bonds is 5. The standard InChI is InChI=1S/C24H24ClN3O3S/c1-15-21(32-23(26-15)16-8-10-18(25)11-9-16)22(29)27-19-6-4-12-28(14-19)20-7-3-5-17(13-20)24(30)31-2/h3,5,7-11,13,19H,4,6,12,14H2,1-2H3,(H,27,29)/t19-/m1/s1. The number of piperidine rings is 1. The van der Waals surface area contributed by atoms with Crippen molar-refractivity contribution < 1.29 is 14.3 Å². The summed E-state index contributed by atoms with van der Waals surface area (Å²) in [6.07, 6.45) is 1.85. The fourth-order valence-corrected chi connectivity index (χ4v) is 4.95. The molecule has 1 atom stereocenters. The number of aryl methyl sites for hydroxylation is 1. The van der Waals surface area contributed by atoms with Gasteiger partial charge in [0.15, 0.2) is 0 Å². The van der Waals surface area contributed by atoms with Gasteiger partial charge in [-0.05, 0) is 50.1 Å². The summed E-state index contributed by atoms with van der Waals surface area (Å²) in [6.45, 7) is 3.41. The lowest BCUT2D eigenvalue weighted by Crippen LogP contribution is -2.47. The van der Waals surface area contributed by atoms with Gasteiger partial charge >= 0.3 is 5.97 Å². The van der Waals surface area contributed by atoms with E-state index in [0.29, 0.717) is 22.0 Å². The molecule has 1 aliphatic heterocycles. The predicted molar refractivity (Wildman–Crippen MR) is 128 cm³/mol. The molecule has 8 heteroatoms. The number of aromatic nitrogens is 1. The van der Waals surface area contributed by atoms with Crippen molar-refractivity contribution in [2.24, 2.45) is 0 Å². The molecule has 6 nitrogen and oxygen atoms in total. The van der Waals surface area contributed by atoms with Crippen molar-refractivity contribution in [3.05, 3.63) is 69.7 Å². The summed E-state index contributed by atoms with van der Waals surface area (Å²) in [5, 5.41) is 4.64. The number of nitrogens with zero attached hydrogens (tertiary/aromatic N) is 2. The van der Waals surface area contributed by atoms with Gasteiger partial charge in [-0.1, -0.05) is 29.8 Å². The molecule has 0 aliphatic carbocycles. The van der Waals surface area contributed by atoms with E-state index in [4.69, 9.17) is 16.3 Å². The monoisotopic (exact) mass is 469 g/mol. The highest BCUT2D eigenvalue weighted by Crippen LogP contribution is 2.29. The van der Waals surface area contributed by atoms with Crippen LogP contribution in [-0.2, 0) is 4.74 Å². The first-order valence-corrected chi connectivity index (χ1v) is 11.6. The molecular formula is C24H24ClN3O3S. The lowest BCUT2D eigenvalue weighted by molar-refractivity contribution is 0.0600. The Labute approximate surface area is 196 Å². The van der Waals surface area contributed by atoms with Crippen molar-refractivity contribution in [1.82, 2.24) is 10.3 Å². The summed E-state index contributed by atoms with van der Waals surface area (Å²) >= 11 is 7.36. The first kappa shape index (κ1) is 22.3. The van der Waals surface area contributed by atoms with Crippen LogP contribution in [0.15, 0.2) is 48.5 Å². The Morgan fingerprint density at radius 3 is 2.75 bits per heavy atom. The van der Waals surface area contributed by atoms with E-state index in [0.717, 1.165) is 41.3 Å². The number of hydrogen-bond acceptors (Lipinski definition) is 6. The fourth-order valence-electron chi connectivity index (χ4n) is 3.85. The molecule has 1 aromatic heterocycles. The molecular weight excluding hydrogens is 446 g/mol. The molecule has 0 saturated carbocycles. The van der Waals surface area contributed by atoms with Crippen molar-refractivity contribution in [2.75, 3.05) is 25.1 Å². The number of carbonyl (C=O) groups is 2. The molecule has 2 heterocycles. The Balaban J connectivity index is 1.45. The molecule has 3 aromatic rings. The van der Waals surface area contributed by atoms with Crippen molar-refractivity contribution >= 4 is 40.5 Å². The number of hydrogen-bond donors (Lipinski definition) is 1. The molecule has 32 heavy (non-hydrogen) atoms. The first-order chi connectivity index (χ1) is 15.4. The maximum Gasteiger partial charge on any atom is 0.337 e. The minimum Gasteiger partial charge on any atom is -0.465 e. The number of methoxy groups -OCH3 is 1. The summed E-state index contributed by atoms with van der Waals surface area (Å²) in [6, 6.07) is 14.9. The zero-order valence-corrected chi connectivity index (χ0v) is 19.5. The molecule has 1 N–H and O–H groups in total. The van der Waals surface area contributed by atoms with E-state index in [1.807, 2.05) is 49.4 Å². The molecule has 0 unspecified atom stereocenters. The van der Waals surface area contributed by atoms with Gasteiger partial charge in [-0.15, -0.1) is 11.3 Å². The smallest absolute Gasteiger partial charge is 0.337 e. The molecule has 1 amide bonds. The van der Waals surface area contributed by atoms with Crippen LogP contribution in [0.3, 0.4) is 0 Å². The number of thiazole rings is 1. The number of nitrogens with one attached hydrogen (secondary N) is 1. The molecule has 4 rings (SSSR count). The second-order valence-electron chi connectivity index (χ2n) is 7.74. The highest BCUT2D eigenvalue weighted by molar-refractivity contribution is 7.17. The highest BCUT2D eigenvalue weighted by atomic mass is 35.5. The summed E-state index contributed by atoms with van der Waals surface area (Å²) in [4.78, 5) is 32.3. The van der Waals surface area contributed by atoms with Crippen LogP contribution in [0.4, 0.5) is 5.69 Å². The normalized spacial score (nSPS) is 16.0. The van der Waals surface area contributed by atoms with E-state index in [2.05, 4.69) is 15.2 Å². The Bertz CT molecular complexity index is 1130. The highest BCUT2D eigenvalue weighted by Gasteiger charge is 2.25. The topological polar surface area (TPSA) is 71.5 Å². The van der Waals surface area contributed by atoms with Crippen LogP contribution in [0.2, 0.25) is 5.02 Å². The van der Waals surface area contributed by atoms with Crippen LogP contribution in [-0.4, -0.2) is 43.1 Å². The molecule has 166 valence electrons. The molecule has 0 spiro atoms. The van der Waals surface area contributed by atoms with E-state index < -0.39 is 0 Å². The third kappa shape index (κ3) is 4.95. The van der Waals surface area contributed by atoms with Gasteiger partial charge in [-0.3, -0.25) is 4.79 Å². The van der Waals surface area contributed by atoms with Gasteiger partial charge in [0.25, 0.3) is 5.91 Å². The van der Waals surface area contributed by atoms with Crippen LogP contribution in [0.5, 0.6) is 0 Å². The summed E-state index contributed by atoms with van der Waals surface area (Å²) in [7, 11) is 1.38. The van der Waals surface area contributed by atoms with E-state index in [9.17, 15) is 9.59 Å². The Morgan fingerprint density at radius 2 is 2.00 bits per heavy atom. The maximum atomic E-state index is 13.0. The Hall–Kier alpha value is -2.90. The molecule has 2 aromatic carbocycles. The number of ether oxygens (including phenoxy) is 1. The summed E-state index contributed by atoms with van der Waals surface area (Å²) in [5.74, 6) is -0.457. The second kappa shape index (κ2) is 9.71. The van der Waals surface area contributed by atoms with Gasteiger partial charge < -0.3 is 15.0 Å². The average Bonchev–Trinajstić information content (AvgIpc) is 3.21. The van der Waals surface area contributed by atoms with Gasteiger partial charge in [-0.2, -0.15) is 0 Å². The number of halogens is 1. The van der Waals surface area contributed by atoms with Crippen molar-refractivity contribution in [3.8, 4) is 10.6 Å². The second-order valence-corrected chi connectivity index (χ2v) is 9.18. The minimum absolute atomic E-state index is 0.0125. The summed E-state index contributed by atoms with van der Waals surface area (Å²) in [5.41, 5.74) is 3.13. The molecule has 0 bridgehead atoms.